The molecule has 0 fully saturated rings. The fraction of sp³-hybridized carbons (Fsp3) is 0.0667. The fourth-order valence-electron chi connectivity index (χ4n) is 2.08. The average molecular weight is 295 g/mol. The molecule has 0 radical (unpaired) electrons. The van der Waals surface area contributed by atoms with Gasteiger partial charge in [0.2, 0.25) is 0 Å². The Morgan fingerprint density at radius 2 is 2.10 bits per heavy atom. The lowest BCUT2D eigenvalue weighted by atomic mass is 10.1. The minimum Gasteiger partial charge on any atom is -0.258 e. The Morgan fingerprint density at radius 1 is 1.29 bits per heavy atom. The van der Waals surface area contributed by atoms with Crippen LogP contribution < -0.4 is 0 Å². The van der Waals surface area contributed by atoms with Crippen LogP contribution in [0.1, 0.15) is 11.1 Å². The second kappa shape index (κ2) is 4.96. The maximum Gasteiger partial charge on any atom is 0.271 e. The molecule has 0 unspecified atom stereocenters. The van der Waals surface area contributed by atoms with Crippen LogP contribution in [0.2, 0.25) is 0 Å². The van der Waals surface area contributed by atoms with Crippen LogP contribution in [0.25, 0.3) is 20.8 Å². The fourth-order valence-corrected chi connectivity index (χ4v) is 3.02. The van der Waals surface area contributed by atoms with Gasteiger partial charge < -0.3 is 0 Å². The van der Waals surface area contributed by atoms with Crippen molar-refractivity contribution in [2.45, 2.75) is 6.92 Å². The molecule has 1 aromatic heterocycles. The summed E-state index contributed by atoms with van der Waals surface area (Å²) in [4.78, 5) is 14.8. The van der Waals surface area contributed by atoms with E-state index in [1.54, 1.807) is 12.1 Å². The predicted octanol–water partition coefficient (Wildman–Crippen LogP) is 4.05. The summed E-state index contributed by atoms with van der Waals surface area (Å²) < 4.78 is 0.901. The van der Waals surface area contributed by atoms with Gasteiger partial charge in [0, 0.05) is 17.7 Å². The molecule has 102 valence electrons. The summed E-state index contributed by atoms with van der Waals surface area (Å²) in [6.07, 6.45) is 0. The Morgan fingerprint density at radius 3 is 2.76 bits per heavy atom. The molecule has 0 spiro atoms. The number of benzene rings is 2. The molecule has 0 saturated heterocycles. The van der Waals surface area contributed by atoms with E-state index in [0.29, 0.717) is 11.1 Å². The molecule has 2 aromatic carbocycles. The van der Waals surface area contributed by atoms with Gasteiger partial charge in [-0.25, -0.2) is 4.98 Å². The molecule has 0 saturated carbocycles. The van der Waals surface area contributed by atoms with Gasteiger partial charge in [0.15, 0.2) is 0 Å². The Balaban J connectivity index is 2.11. The van der Waals surface area contributed by atoms with E-state index in [0.717, 1.165) is 20.8 Å². The van der Waals surface area contributed by atoms with Gasteiger partial charge in [0.1, 0.15) is 5.01 Å². The van der Waals surface area contributed by atoms with Crippen LogP contribution in [-0.2, 0) is 0 Å². The molecule has 0 aliphatic carbocycles. The largest absolute Gasteiger partial charge is 0.271 e. The smallest absolute Gasteiger partial charge is 0.258 e. The van der Waals surface area contributed by atoms with Crippen molar-refractivity contribution in [2.24, 2.45) is 0 Å². The number of nitrogens with zero attached hydrogens (tertiary/aromatic N) is 3. The van der Waals surface area contributed by atoms with Crippen LogP contribution in [0.3, 0.4) is 0 Å². The second-order valence-electron chi connectivity index (χ2n) is 4.57. The first-order valence-electron chi connectivity index (χ1n) is 6.14. The van der Waals surface area contributed by atoms with E-state index in [9.17, 15) is 10.1 Å². The zero-order valence-corrected chi connectivity index (χ0v) is 11.8. The van der Waals surface area contributed by atoms with E-state index in [1.165, 1.54) is 23.5 Å². The highest BCUT2D eigenvalue weighted by atomic mass is 32.1. The Labute approximate surface area is 124 Å². The Hall–Kier alpha value is -2.78. The van der Waals surface area contributed by atoms with Gasteiger partial charge in [-0.3, -0.25) is 10.1 Å². The summed E-state index contributed by atoms with van der Waals surface area (Å²) in [6, 6.07) is 12.3. The normalized spacial score (nSPS) is 10.5. The molecule has 0 N–H and O–H groups in total. The lowest BCUT2D eigenvalue weighted by molar-refractivity contribution is -0.384. The number of nitro benzene ring substituents is 1. The number of thiazole rings is 1. The first-order valence-corrected chi connectivity index (χ1v) is 6.96. The van der Waals surface area contributed by atoms with Crippen molar-refractivity contribution in [3.8, 4) is 16.6 Å². The first-order chi connectivity index (χ1) is 10.1. The molecule has 0 aliphatic rings. The van der Waals surface area contributed by atoms with Crippen LogP contribution in [0.4, 0.5) is 5.69 Å². The van der Waals surface area contributed by atoms with E-state index < -0.39 is 4.92 Å². The zero-order chi connectivity index (χ0) is 15.0. The molecule has 0 amide bonds. The number of nitro groups is 1. The van der Waals surface area contributed by atoms with Crippen LogP contribution in [-0.4, -0.2) is 9.91 Å². The lowest BCUT2D eigenvalue weighted by Gasteiger charge is -2.00. The monoisotopic (exact) mass is 295 g/mol. The first kappa shape index (κ1) is 13.2. The number of rotatable bonds is 2. The molecule has 6 heteroatoms. The predicted molar refractivity (Wildman–Crippen MR) is 81.2 cm³/mol. The molecule has 21 heavy (non-hydrogen) atoms. The molecule has 0 bridgehead atoms. The van der Waals surface area contributed by atoms with Crippen LogP contribution in [0, 0.1) is 28.4 Å². The van der Waals surface area contributed by atoms with Gasteiger partial charge in [-0.2, -0.15) is 5.26 Å². The van der Waals surface area contributed by atoms with E-state index >= 15 is 0 Å². The van der Waals surface area contributed by atoms with Crippen LogP contribution >= 0.6 is 11.3 Å². The molecule has 5 nitrogen and oxygen atoms in total. The summed E-state index contributed by atoms with van der Waals surface area (Å²) in [6.45, 7) is 1.88. The third-order valence-corrected chi connectivity index (χ3v) is 4.26. The standard InChI is InChI=1S/C15H9N3O2S/c1-9-6-10(2-3-11(9)8-16)15-17-13-7-12(18(19)20)4-5-14(13)21-15/h2-7H,1H3. The number of hydrogen-bond donors (Lipinski definition) is 0. The summed E-state index contributed by atoms with van der Waals surface area (Å²) >= 11 is 1.48. The highest BCUT2D eigenvalue weighted by molar-refractivity contribution is 7.21. The molecule has 1 heterocycles. The van der Waals surface area contributed by atoms with Gasteiger partial charge in [0.25, 0.3) is 5.69 Å². The average Bonchev–Trinajstić information content (AvgIpc) is 2.89. The molecular formula is C15H9N3O2S. The van der Waals surface area contributed by atoms with Crippen LogP contribution in [0.15, 0.2) is 36.4 Å². The van der Waals surface area contributed by atoms with Crippen molar-refractivity contribution < 1.29 is 4.92 Å². The number of nitriles is 1. The van der Waals surface area contributed by atoms with Gasteiger partial charge in [-0.1, -0.05) is 6.07 Å². The van der Waals surface area contributed by atoms with E-state index in [4.69, 9.17) is 5.26 Å². The summed E-state index contributed by atoms with van der Waals surface area (Å²) in [5.41, 5.74) is 3.09. The second-order valence-corrected chi connectivity index (χ2v) is 5.60. The molecule has 0 aliphatic heterocycles. The van der Waals surface area contributed by atoms with Gasteiger partial charge in [-0.15, -0.1) is 11.3 Å². The minimum atomic E-state index is -0.426. The van der Waals surface area contributed by atoms with Crippen molar-refractivity contribution in [3.05, 3.63) is 57.6 Å². The zero-order valence-electron chi connectivity index (χ0n) is 11.0. The maximum atomic E-state index is 10.8. The summed E-state index contributed by atoms with van der Waals surface area (Å²) in [5, 5.41) is 20.5. The van der Waals surface area contributed by atoms with Crippen molar-refractivity contribution in [1.29, 1.82) is 5.26 Å². The molecular weight excluding hydrogens is 286 g/mol. The topological polar surface area (TPSA) is 79.8 Å². The minimum absolute atomic E-state index is 0.0374. The maximum absolute atomic E-state index is 10.8. The van der Waals surface area contributed by atoms with Crippen molar-refractivity contribution >= 4 is 27.2 Å². The third kappa shape index (κ3) is 2.35. The number of aromatic nitrogens is 1. The third-order valence-electron chi connectivity index (χ3n) is 3.18. The van der Waals surface area contributed by atoms with E-state index in [2.05, 4.69) is 11.1 Å². The number of hydrogen-bond acceptors (Lipinski definition) is 5. The van der Waals surface area contributed by atoms with Gasteiger partial charge in [-0.05, 0) is 30.7 Å². The summed E-state index contributed by atoms with van der Waals surface area (Å²) in [5.74, 6) is 0. The molecule has 3 aromatic rings. The highest BCUT2D eigenvalue weighted by Gasteiger charge is 2.12. The SMILES string of the molecule is Cc1cc(-c2nc3cc([N+](=O)[O-])ccc3s2)ccc1C#N. The number of fused-ring (bicyclic) bond motifs is 1. The highest BCUT2D eigenvalue weighted by Crippen LogP contribution is 2.32. The number of non-ortho nitro benzene ring substituents is 1. The van der Waals surface area contributed by atoms with Crippen molar-refractivity contribution in [3.63, 3.8) is 0 Å². The quantitative estimate of drug-likeness (QED) is 0.527. The van der Waals surface area contributed by atoms with Crippen molar-refractivity contribution in [1.82, 2.24) is 4.98 Å². The van der Waals surface area contributed by atoms with E-state index in [1.807, 2.05) is 19.1 Å². The van der Waals surface area contributed by atoms with Crippen molar-refractivity contribution in [2.75, 3.05) is 0 Å². The Kier molecular flexibility index (Phi) is 3.12. The molecule has 0 atom stereocenters. The van der Waals surface area contributed by atoms with Crippen LogP contribution in [0.5, 0.6) is 0 Å². The van der Waals surface area contributed by atoms with E-state index in [-0.39, 0.29) is 5.69 Å². The Bertz CT molecular complexity index is 909. The summed E-state index contributed by atoms with van der Waals surface area (Å²) in [7, 11) is 0. The molecule has 3 rings (SSSR count). The van der Waals surface area contributed by atoms with Gasteiger partial charge in [0.05, 0.1) is 26.8 Å². The number of aryl methyl sites for hydroxylation is 1. The van der Waals surface area contributed by atoms with Gasteiger partial charge >= 0.3 is 0 Å². The lowest BCUT2D eigenvalue weighted by Crippen LogP contribution is -1.86.